The molecule has 3 N–H and O–H groups in total. The molecule has 0 unspecified atom stereocenters. The van der Waals surface area contributed by atoms with E-state index >= 15 is 0 Å². The highest BCUT2D eigenvalue weighted by Crippen LogP contribution is 2.22. The molecule has 19 heavy (non-hydrogen) atoms. The van der Waals surface area contributed by atoms with Gasteiger partial charge in [-0.3, -0.25) is 9.40 Å². The summed E-state index contributed by atoms with van der Waals surface area (Å²) in [6.07, 6.45) is 2.64. The van der Waals surface area contributed by atoms with Gasteiger partial charge in [0.15, 0.2) is 5.03 Å². The van der Waals surface area contributed by atoms with Crippen molar-refractivity contribution in [3.05, 3.63) is 29.7 Å². The molecule has 0 radical (unpaired) electrons. The Labute approximate surface area is 109 Å². The van der Waals surface area contributed by atoms with Crippen LogP contribution in [0.2, 0.25) is 0 Å². The number of nitrogens with zero attached hydrogens (tertiary/aromatic N) is 2. The number of anilines is 1. The first-order valence-electron chi connectivity index (χ1n) is 5.25. The maximum absolute atomic E-state index is 12.1. The third-order valence-electron chi connectivity index (χ3n) is 2.59. The van der Waals surface area contributed by atoms with Crippen molar-refractivity contribution < 1.29 is 18.3 Å². The summed E-state index contributed by atoms with van der Waals surface area (Å²) in [5.74, 6) is -1.21. The average molecular weight is 284 g/mol. The molecule has 2 aromatic rings. The number of hydrogen-bond acceptors (Lipinski definition) is 4. The van der Waals surface area contributed by atoms with Gasteiger partial charge in [0, 0.05) is 18.9 Å². The first-order valence-corrected chi connectivity index (χ1v) is 6.73. The van der Waals surface area contributed by atoms with Crippen LogP contribution in [0.5, 0.6) is 0 Å². The van der Waals surface area contributed by atoms with Crippen LogP contribution < -0.4 is 4.72 Å². The summed E-state index contributed by atoms with van der Waals surface area (Å²) in [5.41, 5.74) is 0.257. The Kier molecular flexibility index (Phi) is 3.06. The summed E-state index contributed by atoms with van der Waals surface area (Å²) in [4.78, 5) is 13.7. The SMILES string of the molecule is Cc1[nH]cc(NS(=O)(=O)c2ccnn2C)c1C(=O)O. The van der Waals surface area contributed by atoms with Gasteiger partial charge in [0.25, 0.3) is 10.0 Å². The highest BCUT2D eigenvalue weighted by Gasteiger charge is 2.23. The van der Waals surface area contributed by atoms with E-state index in [-0.39, 0.29) is 16.3 Å². The lowest BCUT2D eigenvalue weighted by Gasteiger charge is -2.07. The van der Waals surface area contributed by atoms with Crippen molar-refractivity contribution in [2.45, 2.75) is 11.9 Å². The van der Waals surface area contributed by atoms with Gasteiger partial charge in [-0.1, -0.05) is 0 Å². The highest BCUT2D eigenvalue weighted by atomic mass is 32.2. The maximum atomic E-state index is 12.1. The van der Waals surface area contributed by atoms with Crippen LogP contribution in [0.25, 0.3) is 0 Å². The van der Waals surface area contributed by atoms with E-state index in [4.69, 9.17) is 5.11 Å². The fourth-order valence-corrected chi connectivity index (χ4v) is 2.90. The normalized spacial score (nSPS) is 11.5. The number of carbonyl (C=O) groups is 1. The van der Waals surface area contributed by atoms with E-state index in [9.17, 15) is 13.2 Å². The molecule has 2 aromatic heterocycles. The number of nitrogens with one attached hydrogen (secondary N) is 2. The molecular formula is C10H12N4O4S. The van der Waals surface area contributed by atoms with Crippen molar-refractivity contribution in [1.29, 1.82) is 0 Å². The molecule has 102 valence electrons. The van der Waals surface area contributed by atoms with Crippen molar-refractivity contribution >= 4 is 21.7 Å². The molecule has 2 rings (SSSR count). The monoisotopic (exact) mass is 284 g/mol. The zero-order chi connectivity index (χ0) is 14.2. The first kappa shape index (κ1) is 13.1. The molecule has 0 aliphatic carbocycles. The highest BCUT2D eigenvalue weighted by molar-refractivity contribution is 7.92. The van der Waals surface area contributed by atoms with Crippen LogP contribution in [0.15, 0.2) is 23.5 Å². The number of aryl methyl sites for hydroxylation is 2. The Balaban J connectivity index is 2.42. The van der Waals surface area contributed by atoms with E-state index < -0.39 is 16.0 Å². The fraction of sp³-hybridized carbons (Fsp3) is 0.200. The van der Waals surface area contributed by atoms with Gasteiger partial charge in [-0.05, 0) is 13.0 Å². The van der Waals surface area contributed by atoms with Crippen LogP contribution >= 0.6 is 0 Å². The van der Waals surface area contributed by atoms with Gasteiger partial charge in [0.2, 0.25) is 0 Å². The van der Waals surface area contributed by atoms with Crippen LogP contribution in [0.3, 0.4) is 0 Å². The van der Waals surface area contributed by atoms with E-state index in [1.807, 2.05) is 0 Å². The lowest BCUT2D eigenvalue weighted by Crippen LogP contribution is -2.17. The molecular weight excluding hydrogens is 272 g/mol. The second-order valence-corrected chi connectivity index (χ2v) is 5.54. The molecule has 0 amide bonds. The van der Waals surface area contributed by atoms with Crippen molar-refractivity contribution in [3.63, 3.8) is 0 Å². The molecule has 2 heterocycles. The zero-order valence-electron chi connectivity index (χ0n) is 10.2. The molecule has 0 fully saturated rings. The van der Waals surface area contributed by atoms with Gasteiger partial charge in [-0.2, -0.15) is 13.5 Å². The van der Waals surface area contributed by atoms with Crippen LogP contribution in [-0.2, 0) is 17.1 Å². The van der Waals surface area contributed by atoms with Crippen molar-refractivity contribution in [1.82, 2.24) is 14.8 Å². The predicted molar refractivity (Wildman–Crippen MR) is 66.5 cm³/mol. The van der Waals surface area contributed by atoms with E-state index in [2.05, 4.69) is 14.8 Å². The minimum Gasteiger partial charge on any atom is -0.478 e. The van der Waals surface area contributed by atoms with Crippen molar-refractivity contribution in [3.8, 4) is 0 Å². The average Bonchev–Trinajstić information content (AvgIpc) is 2.85. The number of rotatable bonds is 4. The summed E-state index contributed by atoms with van der Waals surface area (Å²) in [5, 5.41) is 12.8. The van der Waals surface area contributed by atoms with Crippen molar-refractivity contribution in [2.24, 2.45) is 7.05 Å². The Morgan fingerprint density at radius 2 is 2.21 bits per heavy atom. The Hall–Kier alpha value is -2.29. The number of aromatic carboxylic acids is 1. The summed E-state index contributed by atoms with van der Waals surface area (Å²) < 4.78 is 27.6. The van der Waals surface area contributed by atoms with E-state index in [0.29, 0.717) is 5.69 Å². The minimum absolute atomic E-state index is 0.00815. The quantitative estimate of drug-likeness (QED) is 0.758. The topological polar surface area (TPSA) is 117 Å². The van der Waals surface area contributed by atoms with E-state index in [1.165, 1.54) is 30.2 Å². The molecule has 0 aliphatic heterocycles. The minimum atomic E-state index is -3.88. The number of H-pyrrole nitrogens is 1. The number of aromatic amines is 1. The van der Waals surface area contributed by atoms with Crippen molar-refractivity contribution in [2.75, 3.05) is 4.72 Å². The maximum Gasteiger partial charge on any atom is 0.339 e. The van der Waals surface area contributed by atoms with Gasteiger partial charge in [0.05, 0.1) is 11.9 Å². The molecule has 0 aliphatic rings. The number of sulfonamides is 1. The largest absolute Gasteiger partial charge is 0.478 e. The fourth-order valence-electron chi connectivity index (χ4n) is 1.71. The molecule has 0 atom stereocenters. The van der Waals surface area contributed by atoms with E-state index in [1.54, 1.807) is 6.92 Å². The molecule has 0 spiro atoms. The molecule has 0 aromatic carbocycles. The van der Waals surface area contributed by atoms with Crippen LogP contribution in [0.4, 0.5) is 5.69 Å². The summed E-state index contributed by atoms with van der Waals surface area (Å²) in [7, 11) is -2.40. The van der Waals surface area contributed by atoms with Crippen LogP contribution in [0.1, 0.15) is 16.1 Å². The Morgan fingerprint density at radius 1 is 1.53 bits per heavy atom. The number of hydrogen-bond donors (Lipinski definition) is 3. The van der Waals surface area contributed by atoms with Crippen LogP contribution in [0, 0.1) is 6.92 Å². The summed E-state index contributed by atoms with van der Waals surface area (Å²) in [6.45, 7) is 1.55. The lowest BCUT2D eigenvalue weighted by molar-refractivity contribution is 0.0697. The Morgan fingerprint density at radius 3 is 2.74 bits per heavy atom. The second-order valence-electron chi connectivity index (χ2n) is 3.91. The van der Waals surface area contributed by atoms with Gasteiger partial charge >= 0.3 is 5.97 Å². The number of aromatic nitrogens is 3. The van der Waals surface area contributed by atoms with Gasteiger partial charge in [0.1, 0.15) is 5.56 Å². The van der Waals surface area contributed by atoms with Gasteiger partial charge in [-0.25, -0.2) is 4.79 Å². The predicted octanol–water partition coefficient (Wildman–Crippen LogP) is 0.556. The Bertz CT molecular complexity index is 729. The standard InChI is InChI=1S/C10H12N4O4S/c1-6-9(10(15)16)7(5-11-6)13-19(17,18)8-3-4-12-14(8)2/h3-5,11,13H,1-2H3,(H,15,16). The summed E-state index contributed by atoms with van der Waals surface area (Å²) in [6, 6.07) is 1.32. The third kappa shape index (κ3) is 2.32. The summed E-state index contributed by atoms with van der Waals surface area (Å²) >= 11 is 0. The van der Waals surface area contributed by atoms with E-state index in [0.717, 1.165) is 0 Å². The van der Waals surface area contributed by atoms with Crippen LogP contribution in [-0.4, -0.2) is 34.3 Å². The van der Waals surface area contributed by atoms with Gasteiger partial charge in [-0.15, -0.1) is 0 Å². The molecule has 9 heteroatoms. The molecule has 0 saturated carbocycles. The molecule has 0 saturated heterocycles. The molecule has 8 nitrogen and oxygen atoms in total. The second kappa shape index (κ2) is 4.43. The lowest BCUT2D eigenvalue weighted by atomic mass is 10.2. The third-order valence-corrected chi connectivity index (χ3v) is 4.03. The smallest absolute Gasteiger partial charge is 0.339 e. The first-order chi connectivity index (χ1) is 8.83. The number of carboxylic acids is 1. The zero-order valence-corrected chi connectivity index (χ0v) is 11.0. The number of carboxylic acid groups (broad SMARTS) is 1. The molecule has 0 bridgehead atoms. The van der Waals surface area contributed by atoms with Gasteiger partial charge < -0.3 is 10.1 Å².